The number of amidine groups is 1. The molecule has 2 atom stereocenters. The molecule has 0 aromatic heterocycles. The summed E-state index contributed by atoms with van der Waals surface area (Å²) >= 11 is 0. The molecule has 0 aliphatic carbocycles. The fourth-order valence-electron chi connectivity index (χ4n) is 3.72. The molecule has 0 amide bonds. The lowest BCUT2D eigenvalue weighted by Gasteiger charge is -2.33. The van der Waals surface area contributed by atoms with Crippen LogP contribution in [0, 0.1) is 0 Å². The lowest BCUT2D eigenvalue weighted by Crippen LogP contribution is -2.55. The molecule has 2 unspecified atom stereocenters. The molecule has 32 heavy (non-hydrogen) atoms. The summed E-state index contributed by atoms with van der Waals surface area (Å²) in [7, 11) is 5.52. The molecule has 1 aliphatic heterocycles. The molecule has 0 spiro atoms. The van der Waals surface area contributed by atoms with Gasteiger partial charge in [-0.05, 0) is 6.42 Å². The van der Waals surface area contributed by atoms with Gasteiger partial charge in [-0.25, -0.2) is 19.1 Å². The average molecular weight is 458 g/mol. The van der Waals surface area contributed by atoms with Crippen molar-refractivity contribution in [2.75, 3.05) is 34.2 Å². The van der Waals surface area contributed by atoms with Crippen LogP contribution in [0.15, 0.2) is 17.4 Å². The first kappa shape index (κ1) is 30.2. The van der Waals surface area contributed by atoms with Gasteiger partial charge in [-0.1, -0.05) is 64.7 Å². The average Bonchev–Trinajstić information content (AvgIpc) is 3.05. The van der Waals surface area contributed by atoms with Crippen molar-refractivity contribution in [2.45, 2.75) is 90.7 Å². The van der Waals surface area contributed by atoms with Crippen LogP contribution in [-0.4, -0.2) is 82.5 Å². The zero-order valence-electron chi connectivity index (χ0n) is 20.9. The second-order valence-electron chi connectivity index (χ2n) is 9.73. The Morgan fingerprint density at radius 1 is 0.938 bits per heavy atom. The van der Waals surface area contributed by atoms with Crippen molar-refractivity contribution in [1.82, 2.24) is 0 Å². The summed E-state index contributed by atoms with van der Waals surface area (Å²) in [5.41, 5.74) is 0. The second-order valence-corrected chi connectivity index (χ2v) is 9.73. The molecule has 0 saturated carbocycles. The highest BCUT2D eigenvalue weighted by Gasteiger charge is 2.41. The lowest BCUT2D eigenvalue weighted by molar-refractivity contribution is -0.862. The van der Waals surface area contributed by atoms with E-state index in [1.807, 2.05) is 21.1 Å². The van der Waals surface area contributed by atoms with Crippen LogP contribution in [-0.2, 0) is 9.59 Å². The first-order valence-corrected chi connectivity index (χ1v) is 12.0. The minimum absolute atomic E-state index is 0.0488. The minimum atomic E-state index is -0.918. The molecule has 0 fully saturated rings. The number of aliphatic carboxylic acids is 2. The number of nitrogens with zero attached hydrogens (tertiary/aromatic N) is 3. The first-order chi connectivity index (χ1) is 14.9. The van der Waals surface area contributed by atoms with Crippen LogP contribution in [0.2, 0.25) is 0 Å². The van der Waals surface area contributed by atoms with E-state index in [9.17, 15) is 14.7 Å². The highest BCUT2D eigenvalue weighted by atomic mass is 16.4. The van der Waals surface area contributed by atoms with Gasteiger partial charge in [0.15, 0.2) is 19.3 Å². The van der Waals surface area contributed by atoms with Gasteiger partial charge in [0, 0.05) is 13.3 Å². The van der Waals surface area contributed by atoms with Gasteiger partial charge in [-0.3, -0.25) is 0 Å². The van der Waals surface area contributed by atoms with Gasteiger partial charge >= 0.3 is 11.9 Å². The second kappa shape index (κ2) is 15.9. The molecule has 186 valence electrons. The van der Waals surface area contributed by atoms with E-state index in [2.05, 4.69) is 11.9 Å². The van der Waals surface area contributed by atoms with Crippen molar-refractivity contribution in [3.05, 3.63) is 12.4 Å². The van der Waals surface area contributed by atoms with Crippen molar-refractivity contribution in [1.29, 1.82) is 0 Å². The SMILES string of the molecule is CCCCCCCCCCCCC1=NC=C[N+]1(CC(=O)O)C(C)O.C[N+](C)(C)CC(=O)O. The molecule has 0 bridgehead atoms. The van der Waals surface area contributed by atoms with Crippen LogP contribution < -0.4 is 0 Å². The van der Waals surface area contributed by atoms with Gasteiger partial charge in [0.2, 0.25) is 5.84 Å². The van der Waals surface area contributed by atoms with Crippen molar-refractivity contribution >= 4 is 17.8 Å². The molecule has 0 radical (unpaired) electrons. The molecule has 8 heteroatoms. The Kier molecular flexibility index (Phi) is 15.1. The molecular formula is C24H47N3O5+2. The molecule has 1 rings (SSSR count). The summed E-state index contributed by atoms with van der Waals surface area (Å²) in [6.07, 6.45) is 16.0. The largest absolute Gasteiger partial charge is 0.477 e. The summed E-state index contributed by atoms with van der Waals surface area (Å²) in [5, 5.41) is 27.4. The van der Waals surface area contributed by atoms with Crippen LogP contribution in [0.4, 0.5) is 0 Å². The number of unbranched alkanes of at least 4 members (excludes halogenated alkanes) is 9. The fraction of sp³-hybridized carbons (Fsp3) is 0.792. The number of carboxylic acids is 2. The number of quaternary nitrogens is 2. The number of rotatable bonds is 16. The summed E-state index contributed by atoms with van der Waals surface area (Å²) in [6, 6.07) is 0. The normalized spacial score (nSPS) is 18.6. The monoisotopic (exact) mass is 457 g/mol. The Balaban J connectivity index is 0.00000102. The number of hydrogen-bond donors (Lipinski definition) is 3. The van der Waals surface area contributed by atoms with Crippen LogP contribution in [0.1, 0.15) is 84.5 Å². The topological polar surface area (TPSA) is 107 Å². The zero-order chi connectivity index (χ0) is 24.6. The van der Waals surface area contributed by atoms with E-state index in [1.165, 1.54) is 51.4 Å². The number of carbonyl (C=O) groups is 2. The molecule has 1 aliphatic rings. The lowest BCUT2D eigenvalue weighted by atomic mass is 10.1. The standard InChI is InChI=1S/C19H34N2O3.C5H11NO2/c1-3-4-5-6-7-8-9-10-11-12-13-18-20-14-15-21(18,17(2)22)16-19(23)24;1-6(2,3)4-5(7)8/h14-15,17,22H,3-13,16H2,1-2H3;4H2,1-3H3/p+2. The van der Waals surface area contributed by atoms with E-state index in [1.54, 1.807) is 19.3 Å². The maximum Gasteiger partial charge on any atom is 0.360 e. The number of likely N-dealkylation sites (N-methyl/N-ethyl adjacent to an activating group) is 1. The van der Waals surface area contributed by atoms with Crippen molar-refractivity contribution in [3.63, 3.8) is 0 Å². The predicted molar refractivity (Wildman–Crippen MR) is 128 cm³/mol. The number of carboxylic acid groups (broad SMARTS) is 2. The summed E-state index contributed by atoms with van der Waals surface area (Å²) in [6.45, 7) is 3.91. The third kappa shape index (κ3) is 13.6. The highest BCUT2D eigenvalue weighted by Crippen LogP contribution is 2.24. The molecule has 8 nitrogen and oxygen atoms in total. The van der Waals surface area contributed by atoms with Crippen LogP contribution in [0.25, 0.3) is 0 Å². The minimum Gasteiger partial charge on any atom is -0.477 e. The van der Waals surface area contributed by atoms with Gasteiger partial charge in [0.05, 0.1) is 27.3 Å². The highest BCUT2D eigenvalue weighted by molar-refractivity contribution is 5.81. The van der Waals surface area contributed by atoms with Gasteiger partial charge in [-0.15, -0.1) is 0 Å². The Morgan fingerprint density at radius 2 is 1.44 bits per heavy atom. The Labute approximate surface area is 194 Å². The van der Waals surface area contributed by atoms with Crippen LogP contribution in [0.3, 0.4) is 0 Å². The van der Waals surface area contributed by atoms with Gasteiger partial charge in [-0.2, -0.15) is 0 Å². The van der Waals surface area contributed by atoms with E-state index in [4.69, 9.17) is 10.2 Å². The predicted octanol–water partition coefficient (Wildman–Crippen LogP) is 4.20. The van der Waals surface area contributed by atoms with E-state index in [-0.39, 0.29) is 17.6 Å². The molecule has 0 aromatic rings. The Morgan fingerprint density at radius 3 is 1.81 bits per heavy atom. The van der Waals surface area contributed by atoms with Crippen molar-refractivity contribution < 1.29 is 33.9 Å². The van der Waals surface area contributed by atoms with E-state index in [0.717, 1.165) is 25.1 Å². The number of aliphatic imine (C=N–C) groups is 1. The van der Waals surface area contributed by atoms with Crippen LogP contribution in [0.5, 0.6) is 0 Å². The van der Waals surface area contributed by atoms with E-state index >= 15 is 0 Å². The van der Waals surface area contributed by atoms with E-state index in [0.29, 0.717) is 4.48 Å². The third-order valence-corrected chi connectivity index (χ3v) is 5.46. The quantitative estimate of drug-likeness (QED) is 0.238. The smallest absolute Gasteiger partial charge is 0.360 e. The van der Waals surface area contributed by atoms with Crippen molar-refractivity contribution in [2.24, 2.45) is 4.99 Å². The Bertz CT molecular complexity index is 611. The zero-order valence-corrected chi connectivity index (χ0v) is 20.9. The maximum absolute atomic E-state index is 11.1. The maximum atomic E-state index is 11.1. The molecule has 0 aromatic carbocycles. The summed E-state index contributed by atoms with van der Waals surface area (Å²) in [4.78, 5) is 25.5. The Hall–Kier alpha value is -1.77. The number of hydrogen-bond acceptors (Lipinski definition) is 4. The number of aliphatic hydroxyl groups is 1. The summed E-state index contributed by atoms with van der Waals surface area (Å²) < 4.78 is 0.433. The van der Waals surface area contributed by atoms with Crippen molar-refractivity contribution in [3.8, 4) is 0 Å². The first-order valence-electron chi connectivity index (χ1n) is 12.0. The van der Waals surface area contributed by atoms with Gasteiger partial charge in [0.25, 0.3) is 0 Å². The third-order valence-electron chi connectivity index (χ3n) is 5.46. The molecule has 0 saturated heterocycles. The van der Waals surface area contributed by atoms with Crippen LogP contribution >= 0.6 is 0 Å². The molecular weight excluding hydrogens is 410 g/mol. The van der Waals surface area contributed by atoms with Gasteiger partial charge < -0.3 is 19.8 Å². The molecule has 3 N–H and O–H groups in total. The summed E-state index contributed by atoms with van der Waals surface area (Å²) in [5.74, 6) is -0.900. The fourth-order valence-corrected chi connectivity index (χ4v) is 3.72. The van der Waals surface area contributed by atoms with E-state index < -0.39 is 18.2 Å². The molecule has 1 heterocycles. The van der Waals surface area contributed by atoms with Gasteiger partial charge in [0.1, 0.15) is 6.20 Å². The number of aliphatic hydroxyl groups excluding tert-OH is 1.